The van der Waals surface area contributed by atoms with Gasteiger partial charge in [0.1, 0.15) is 5.70 Å². The molecule has 0 unspecified atom stereocenters. The van der Waals surface area contributed by atoms with E-state index in [0.717, 1.165) is 17.8 Å². The summed E-state index contributed by atoms with van der Waals surface area (Å²) >= 11 is 1.07. The molecule has 8 nitrogen and oxygen atoms in total. The van der Waals surface area contributed by atoms with Crippen molar-refractivity contribution in [2.45, 2.75) is 11.1 Å². The van der Waals surface area contributed by atoms with E-state index in [0.29, 0.717) is 33.2 Å². The highest BCUT2D eigenvalue weighted by Crippen LogP contribution is 2.35. The summed E-state index contributed by atoms with van der Waals surface area (Å²) in [6, 6.07) is 24.7. The van der Waals surface area contributed by atoms with Crippen LogP contribution in [0.15, 0.2) is 108 Å². The van der Waals surface area contributed by atoms with E-state index in [9.17, 15) is 27.6 Å². The molecule has 3 N–H and O–H groups in total. The molecule has 0 aliphatic rings. The lowest BCUT2D eigenvalue weighted by Gasteiger charge is -2.14. The zero-order valence-electron chi connectivity index (χ0n) is 24.1. The first-order valence-corrected chi connectivity index (χ1v) is 14.4. The smallest absolute Gasteiger partial charge is 0.418 e. The van der Waals surface area contributed by atoms with Crippen molar-refractivity contribution in [3.63, 3.8) is 0 Å². The molecule has 4 rings (SSSR count). The van der Waals surface area contributed by atoms with Gasteiger partial charge in [0.05, 0.1) is 31.2 Å². The summed E-state index contributed by atoms with van der Waals surface area (Å²) in [6.07, 6.45) is -3.13. The molecule has 232 valence electrons. The highest BCUT2D eigenvalue weighted by atomic mass is 32.2. The van der Waals surface area contributed by atoms with Crippen LogP contribution < -0.4 is 25.4 Å². The molecule has 0 aromatic heterocycles. The van der Waals surface area contributed by atoms with E-state index in [1.165, 1.54) is 38.5 Å². The number of anilines is 2. The van der Waals surface area contributed by atoms with Crippen LogP contribution in [-0.4, -0.2) is 37.7 Å². The van der Waals surface area contributed by atoms with E-state index in [2.05, 4.69) is 16.0 Å². The number of thioether (sulfide) groups is 1. The highest BCUT2D eigenvalue weighted by Gasteiger charge is 2.33. The van der Waals surface area contributed by atoms with Gasteiger partial charge in [-0.15, -0.1) is 11.8 Å². The monoisotopic (exact) mass is 635 g/mol. The zero-order chi connectivity index (χ0) is 32.4. The molecule has 0 radical (unpaired) electrons. The molecule has 0 bridgehead atoms. The molecule has 0 saturated heterocycles. The number of hydrogen-bond acceptors (Lipinski definition) is 6. The van der Waals surface area contributed by atoms with Crippen LogP contribution in [0.4, 0.5) is 24.5 Å². The first kappa shape index (κ1) is 32.7. The predicted octanol–water partition coefficient (Wildman–Crippen LogP) is 6.86. The van der Waals surface area contributed by atoms with Crippen LogP contribution in [0.2, 0.25) is 0 Å². The van der Waals surface area contributed by atoms with Crippen molar-refractivity contribution in [3.8, 4) is 11.5 Å². The van der Waals surface area contributed by atoms with Crippen molar-refractivity contribution in [3.05, 3.63) is 119 Å². The van der Waals surface area contributed by atoms with Crippen molar-refractivity contribution >= 4 is 46.9 Å². The number of ether oxygens (including phenoxy) is 2. The minimum atomic E-state index is -4.61. The second-order valence-electron chi connectivity index (χ2n) is 9.35. The standard InChI is InChI=1S/C33H28F3N3O5S/c1-43-28-16-15-21(18-29(28)44-2)17-27(39-31(41)22-9-4-3-5-10-22)32(42)37-23-11-8-12-24(19-23)45-20-30(40)38-26-14-7-6-13-25(26)33(34,35)36/h3-19H,20H2,1-2H3,(H,37,42)(H,38,40)(H,39,41)/b27-17+. The Bertz CT molecular complexity index is 1710. The maximum atomic E-state index is 13.4. The Morgan fingerprint density at radius 1 is 0.800 bits per heavy atom. The Labute approximate surface area is 261 Å². The first-order chi connectivity index (χ1) is 21.6. The molecule has 0 fully saturated rings. The largest absolute Gasteiger partial charge is 0.493 e. The maximum absolute atomic E-state index is 13.4. The van der Waals surface area contributed by atoms with Gasteiger partial charge in [0, 0.05) is 16.1 Å². The van der Waals surface area contributed by atoms with Crippen LogP contribution in [-0.2, 0) is 15.8 Å². The topological polar surface area (TPSA) is 106 Å². The molecule has 12 heteroatoms. The lowest BCUT2D eigenvalue weighted by atomic mass is 10.1. The average Bonchev–Trinajstić information content (AvgIpc) is 3.03. The molecule has 0 heterocycles. The average molecular weight is 636 g/mol. The summed E-state index contributed by atoms with van der Waals surface area (Å²) in [4.78, 5) is 39.4. The van der Waals surface area contributed by atoms with E-state index in [1.54, 1.807) is 72.8 Å². The molecular weight excluding hydrogens is 607 g/mol. The van der Waals surface area contributed by atoms with Gasteiger partial charge in [-0.2, -0.15) is 13.2 Å². The zero-order valence-corrected chi connectivity index (χ0v) is 24.9. The second kappa shape index (κ2) is 15.0. The normalized spacial score (nSPS) is 11.4. The fourth-order valence-corrected chi connectivity index (χ4v) is 4.84. The Hall–Kier alpha value is -5.23. The van der Waals surface area contributed by atoms with Crippen LogP contribution in [0.5, 0.6) is 11.5 Å². The molecule has 0 saturated carbocycles. The molecule has 45 heavy (non-hydrogen) atoms. The molecule has 0 spiro atoms. The fourth-order valence-electron chi connectivity index (χ4n) is 4.09. The number of amides is 3. The van der Waals surface area contributed by atoms with Crippen molar-refractivity contribution in [2.24, 2.45) is 0 Å². The van der Waals surface area contributed by atoms with E-state index >= 15 is 0 Å². The molecule has 0 aliphatic heterocycles. The fraction of sp³-hybridized carbons (Fsp3) is 0.121. The number of hydrogen-bond donors (Lipinski definition) is 3. The van der Waals surface area contributed by atoms with Crippen molar-refractivity contribution in [2.75, 3.05) is 30.6 Å². The van der Waals surface area contributed by atoms with Crippen LogP contribution in [0.25, 0.3) is 6.08 Å². The highest BCUT2D eigenvalue weighted by molar-refractivity contribution is 8.00. The van der Waals surface area contributed by atoms with Gasteiger partial charge in [-0.05, 0) is 66.2 Å². The molecule has 4 aromatic carbocycles. The minimum Gasteiger partial charge on any atom is -0.493 e. The summed E-state index contributed by atoms with van der Waals surface area (Å²) in [5, 5.41) is 7.71. The van der Waals surface area contributed by atoms with Crippen LogP contribution in [0, 0.1) is 0 Å². The van der Waals surface area contributed by atoms with Gasteiger partial charge in [0.25, 0.3) is 11.8 Å². The van der Waals surface area contributed by atoms with Gasteiger partial charge in [-0.3, -0.25) is 14.4 Å². The number of nitrogens with one attached hydrogen (secondary N) is 3. The van der Waals surface area contributed by atoms with E-state index in [4.69, 9.17) is 9.47 Å². The number of para-hydroxylation sites is 1. The second-order valence-corrected chi connectivity index (χ2v) is 10.4. The Kier molecular flexibility index (Phi) is 10.9. The van der Waals surface area contributed by atoms with Gasteiger partial charge in [0.2, 0.25) is 5.91 Å². The van der Waals surface area contributed by atoms with Gasteiger partial charge in [0.15, 0.2) is 11.5 Å². The van der Waals surface area contributed by atoms with Crippen molar-refractivity contribution in [1.29, 1.82) is 0 Å². The quantitative estimate of drug-likeness (QED) is 0.123. The van der Waals surface area contributed by atoms with Gasteiger partial charge in [-0.1, -0.05) is 42.5 Å². The van der Waals surface area contributed by atoms with E-state index < -0.39 is 29.5 Å². The molecule has 4 aromatic rings. The number of halogens is 3. The molecular formula is C33H28F3N3O5S. The minimum absolute atomic E-state index is 0.0585. The summed E-state index contributed by atoms with van der Waals surface area (Å²) in [5.74, 6) is -1.02. The van der Waals surface area contributed by atoms with Gasteiger partial charge in [-0.25, -0.2) is 0 Å². The number of benzene rings is 4. The SMILES string of the molecule is COc1ccc(/C=C(/NC(=O)c2ccccc2)C(=O)Nc2cccc(SCC(=O)Nc3ccccc3C(F)(F)F)c2)cc1OC. The molecule has 3 amide bonds. The number of methoxy groups -OCH3 is 2. The summed E-state index contributed by atoms with van der Waals surface area (Å²) in [5.41, 5.74) is -0.0734. The summed E-state index contributed by atoms with van der Waals surface area (Å²) in [6.45, 7) is 0. The summed E-state index contributed by atoms with van der Waals surface area (Å²) < 4.78 is 50.4. The van der Waals surface area contributed by atoms with Crippen LogP contribution in [0.1, 0.15) is 21.5 Å². The van der Waals surface area contributed by atoms with E-state index in [-0.39, 0.29) is 17.1 Å². The van der Waals surface area contributed by atoms with Crippen molar-refractivity contribution < 1.29 is 37.0 Å². The third kappa shape index (κ3) is 9.13. The number of carbonyl (C=O) groups is 3. The Balaban J connectivity index is 1.49. The van der Waals surface area contributed by atoms with Crippen molar-refractivity contribution in [1.82, 2.24) is 5.32 Å². The lowest BCUT2D eigenvalue weighted by molar-refractivity contribution is -0.137. The van der Waals surface area contributed by atoms with E-state index in [1.807, 2.05) is 0 Å². The Morgan fingerprint density at radius 2 is 1.51 bits per heavy atom. The third-order valence-electron chi connectivity index (χ3n) is 6.22. The first-order valence-electron chi connectivity index (χ1n) is 13.4. The van der Waals surface area contributed by atoms with Gasteiger partial charge < -0.3 is 25.4 Å². The number of carbonyl (C=O) groups excluding carboxylic acids is 3. The Morgan fingerprint density at radius 3 is 2.22 bits per heavy atom. The summed E-state index contributed by atoms with van der Waals surface area (Å²) in [7, 11) is 2.98. The van der Waals surface area contributed by atoms with Gasteiger partial charge >= 0.3 is 6.18 Å². The predicted molar refractivity (Wildman–Crippen MR) is 167 cm³/mol. The number of alkyl halides is 3. The maximum Gasteiger partial charge on any atom is 0.418 e. The molecule has 0 atom stereocenters. The van der Waals surface area contributed by atoms with Crippen LogP contribution in [0.3, 0.4) is 0 Å². The van der Waals surface area contributed by atoms with Crippen LogP contribution >= 0.6 is 11.8 Å². The third-order valence-corrected chi connectivity index (χ3v) is 7.21. The lowest BCUT2D eigenvalue weighted by Crippen LogP contribution is -2.30. The molecule has 0 aliphatic carbocycles. The number of rotatable bonds is 11.